The molecule has 0 saturated heterocycles. The first-order valence-electron chi connectivity index (χ1n) is 3.46. The number of alkyl halides is 3. The third-order valence-electron chi connectivity index (χ3n) is 1.29. The van der Waals surface area contributed by atoms with E-state index in [0.717, 1.165) is 24.3 Å². The molecule has 76 valence electrons. The fourth-order valence-electron chi connectivity index (χ4n) is 0.692. The maximum absolute atomic E-state index is 12.4. The van der Waals surface area contributed by atoms with Crippen molar-refractivity contribution in [3.63, 3.8) is 0 Å². The van der Waals surface area contributed by atoms with Gasteiger partial charge in [0.15, 0.2) is 0 Å². The van der Waals surface area contributed by atoms with Gasteiger partial charge in [-0.1, -0.05) is 11.6 Å². The van der Waals surface area contributed by atoms with Crippen LogP contribution in [0.1, 0.15) is 0 Å². The number of benzene rings is 1. The summed E-state index contributed by atoms with van der Waals surface area (Å²) in [6, 6.07) is 4.20. The van der Waals surface area contributed by atoms with Crippen LogP contribution in [0.5, 0.6) is 0 Å². The fourth-order valence-corrected chi connectivity index (χ4v) is 0.790. The second kappa shape index (κ2) is 3.96. The minimum atomic E-state index is -4.67. The molecule has 1 nitrogen and oxygen atoms in total. The van der Waals surface area contributed by atoms with Crippen molar-refractivity contribution in [2.24, 2.45) is 4.99 Å². The molecule has 0 aliphatic carbocycles. The van der Waals surface area contributed by atoms with Crippen LogP contribution in [0.2, 0.25) is 0 Å². The lowest BCUT2D eigenvalue weighted by atomic mass is 10.3. The van der Waals surface area contributed by atoms with E-state index >= 15 is 0 Å². The van der Waals surface area contributed by atoms with Gasteiger partial charge in [-0.3, -0.25) is 0 Å². The zero-order valence-electron chi connectivity index (χ0n) is 6.65. The minimum Gasteiger partial charge on any atom is -0.232 e. The quantitative estimate of drug-likeness (QED) is 0.511. The zero-order valence-corrected chi connectivity index (χ0v) is 7.40. The molecule has 0 amide bonds. The lowest BCUT2D eigenvalue weighted by Crippen LogP contribution is -2.16. The highest BCUT2D eigenvalue weighted by atomic mass is 35.5. The van der Waals surface area contributed by atoms with Gasteiger partial charge in [-0.15, -0.1) is 0 Å². The normalized spacial score (nSPS) is 13.1. The lowest BCUT2D eigenvalue weighted by molar-refractivity contribution is -0.0558. The van der Waals surface area contributed by atoms with Gasteiger partial charge in [0, 0.05) is 0 Å². The molecule has 0 saturated carbocycles. The van der Waals surface area contributed by atoms with E-state index in [1.54, 1.807) is 0 Å². The third-order valence-corrected chi connectivity index (χ3v) is 1.59. The van der Waals surface area contributed by atoms with Gasteiger partial charge in [0.1, 0.15) is 5.82 Å². The average Bonchev–Trinajstić information content (AvgIpc) is 2.07. The Morgan fingerprint density at radius 1 is 1.14 bits per heavy atom. The van der Waals surface area contributed by atoms with Crippen LogP contribution in [-0.2, 0) is 0 Å². The first-order valence-corrected chi connectivity index (χ1v) is 3.84. The molecule has 0 atom stereocenters. The highest BCUT2D eigenvalue weighted by Gasteiger charge is 2.34. The van der Waals surface area contributed by atoms with Gasteiger partial charge < -0.3 is 0 Å². The van der Waals surface area contributed by atoms with Crippen LogP contribution in [0.3, 0.4) is 0 Å². The lowest BCUT2D eigenvalue weighted by Gasteiger charge is -2.02. The number of rotatable bonds is 1. The molecular formula is C8H4ClF4N. The van der Waals surface area contributed by atoms with Crippen LogP contribution in [0, 0.1) is 5.82 Å². The molecular weight excluding hydrogens is 222 g/mol. The second-order valence-electron chi connectivity index (χ2n) is 2.38. The van der Waals surface area contributed by atoms with Crippen LogP contribution in [0.25, 0.3) is 0 Å². The SMILES string of the molecule is Fc1ccc(N=C(Cl)C(F)(F)F)cc1. The van der Waals surface area contributed by atoms with E-state index in [9.17, 15) is 17.6 Å². The van der Waals surface area contributed by atoms with Crippen LogP contribution in [0.15, 0.2) is 29.3 Å². The zero-order chi connectivity index (χ0) is 10.8. The molecule has 6 heteroatoms. The maximum atomic E-state index is 12.4. The highest BCUT2D eigenvalue weighted by Crippen LogP contribution is 2.23. The Balaban J connectivity index is 2.93. The Labute approximate surface area is 82.0 Å². The van der Waals surface area contributed by atoms with Crippen LogP contribution in [0.4, 0.5) is 23.2 Å². The first-order chi connectivity index (χ1) is 6.39. The third kappa shape index (κ3) is 2.99. The summed E-state index contributed by atoms with van der Waals surface area (Å²) >= 11 is 4.86. The predicted molar refractivity (Wildman–Crippen MR) is 45.4 cm³/mol. The molecule has 0 N–H and O–H groups in total. The Hall–Kier alpha value is -1.10. The summed E-state index contributed by atoms with van der Waals surface area (Å²) in [7, 11) is 0. The standard InChI is InChI=1S/C8H4ClF4N/c9-7(8(11,12)13)14-6-3-1-5(10)2-4-6/h1-4H. The van der Waals surface area contributed by atoms with Gasteiger partial charge in [-0.05, 0) is 24.3 Å². The van der Waals surface area contributed by atoms with E-state index in [0.29, 0.717) is 0 Å². The topological polar surface area (TPSA) is 12.4 Å². The molecule has 0 heterocycles. The number of nitrogens with zero attached hydrogens (tertiary/aromatic N) is 1. The summed E-state index contributed by atoms with van der Waals surface area (Å²) in [4.78, 5) is 3.06. The summed E-state index contributed by atoms with van der Waals surface area (Å²) in [5.74, 6) is -0.549. The van der Waals surface area contributed by atoms with E-state index in [2.05, 4.69) is 4.99 Å². The number of hydrogen-bond donors (Lipinski definition) is 0. The first kappa shape index (κ1) is 11.0. The van der Waals surface area contributed by atoms with Crippen molar-refractivity contribution in [2.75, 3.05) is 0 Å². The number of halogens is 5. The monoisotopic (exact) mass is 225 g/mol. The van der Waals surface area contributed by atoms with Crippen molar-refractivity contribution in [2.45, 2.75) is 6.18 Å². The molecule has 14 heavy (non-hydrogen) atoms. The van der Waals surface area contributed by atoms with Crippen molar-refractivity contribution < 1.29 is 17.6 Å². The summed E-state index contributed by atoms with van der Waals surface area (Å²) in [6.45, 7) is 0. The Morgan fingerprint density at radius 3 is 2.07 bits per heavy atom. The number of aliphatic imine (C=N–C) groups is 1. The van der Waals surface area contributed by atoms with E-state index in [4.69, 9.17) is 11.6 Å². The van der Waals surface area contributed by atoms with Gasteiger partial charge in [0.05, 0.1) is 5.69 Å². The van der Waals surface area contributed by atoms with Crippen molar-refractivity contribution in [3.8, 4) is 0 Å². The molecule has 1 rings (SSSR count). The van der Waals surface area contributed by atoms with E-state index in [1.807, 2.05) is 0 Å². The van der Waals surface area contributed by atoms with Crippen molar-refractivity contribution in [3.05, 3.63) is 30.1 Å². The Kier molecular flexibility index (Phi) is 3.10. The molecule has 0 spiro atoms. The van der Waals surface area contributed by atoms with Crippen molar-refractivity contribution >= 4 is 22.5 Å². The van der Waals surface area contributed by atoms with Gasteiger partial charge in [-0.2, -0.15) is 13.2 Å². The maximum Gasteiger partial charge on any atom is 0.444 e. The van der Waals surface area contributed by atoms with Crippen LogP contribution >= 0.6 is 11.6 Å². The summed E-state index contributed by atoms with van der Waals surface area (Å²) in [5.41, 5.74) is -0.0475. The van der Waals surface area contributed by atoms with Crippen LogP contribution < -0.4 is 0 Å². The van der Waals surface area contributed by atoms with Crippen molar-refractivity contribution in [1.82, 2.24) is 0 Å². The highest BCUT2D eigenvalue weighted by molar-refractivity contribution is 6.67. The molecule has 0 aliphatic heterocycles. The fraction of sp³-hybridized carbons (Fsp3) is 0.125. The van der Waals surface area contributed by atoms with E-state index in [-0.39, 0.29) is 5.69 Å². The van der Waals surface area contributed by atoms with Crippen LogP contribution in [-0.4, -0.2) is 11.3 Å². The molecule has 0 aromatic heterocycles. The largest absolute Gasteiger partial charge is 0.444 e. The van der Waals surface area contributed by atoms with Gasteiger partial charge in [-0.25, -0.2) is 9.38 Å². The molecule has 1 aromatic carbocycles. The second-order valence-corrected chi connectivity index (χ2v) is 2.73. The molecule has 0 unspecified atom stereocenters. The van der Waals surface area contributed by atoms with Gasteiger partial charge in [0.25, 0.3) is 0 Å². The average molecular weight is 226 g/mol. The molecule has 0 bridgehead atoms. The molecule has 1 aromatic rings. The van der Waals surface area contributed by atoms with E-state index in [1.165, 1.54) is 0 Å². The number of hydrogen-bond acceptors (Lipinski definition) is 1. The van der Waals surface area contributed by atoms with Crippen molar-refractivity contribution in [1.29, 1.82) is 0 Å². The molecule has 0 fully saturated rings. The predicted octanol–water partition coefficient (Wildman–Crippen LogP) is 3.66. The summed E-state index contributed by atoms with van der Waals surface area (Å²) < 4.78 is 48.0. The Morgan fingerprint density at radius 2 is 1.64 bits per heavy atom. The Bertz CT molecular complexity index is 341. The summed E-state index contributed by atoms with van der Waals surface area (Å²) in [5, 5.41) is -1.48. The van der Waals surface area contributed by atoms with Gasteiger partial charge >= 0.3 is 6.18 Å². The minimum absolute atomic E-state index is 0.0475. The van der Waals surface area contributed by atoms with E-state index < -0.39 is 17.2 Å². The summed E-state index contributed by atoms with van der Waals surface area (Å²) in [6.07, 6.45) is -4.67. The smallest absolute Gasteiger partial charge is 0.232 e. The molecule has 0 aliphatic rings. The molecule has 0 radical (unpaired) electrons. The van der Waals surface area contributed by atoms with Gasteiger partial charge in [0.2, 0.25) is 5.17 Å².